The van der Waals surface area contributed by atoms with Gasteiger partial charge in [-0.25, -0.2) is 15.0 Å². The fourth-order valence-electron chi connectivity index (χ4n) is 6.96. The Morgan fingerprint density at radius 1 is 0.593 bits per heavy atom. The topological polar surface area (TPSA) is 58.1 Å². The summed E-state index contributed by atoms with van der Waals surface area (Å²) in [7, 11) is 14.6. The van der Waals surface area contributed by atoms with E-state index in [-0.39, 0.29) is 0 Å². The van der Waals surface area contributed by atoms with Crippen LogP contribution in [0.2, 0.25) is 0 Å². The van der Waals surface area contributed by atoms with Crippen molar-refractivity contribution >= 4 is 17.5 Å². The minimum Gasteiger partial charge on any atom is -0.357 e. The summed E-state index contributed by atoms with van der Waals surface area (Å²) >= 11 is 0. The minimum absolute atomic E-state index is 0.500. The zero-order valence-corrected chi connectivity index (χ0v) is 37.0. The molecule has 3 aromatic heterocycles. The molecule has 0 N–H and O–H groups in total. The highest BCUT2D eigenvalue weighted by atomic mass is 15.3. The van der Waals surface area contributed by atoms with E-state index in [4.69, 9.17) is 4.98 Å². The van der Waals surface area contributed by atoms with Gasteiger partial charge < -0.3 is 29.4 Å². The van der Waals surface area contributed by atoms with Crippen LogP contribution >= 0.6 is 0 Å². The van der Waals surface area contributed by atoms with E-state index in [2.05, 4.69) is 152 Å². The molecule has 0 spiro atoms. The number of pyridine rings is 3. The Hall–Kier alpha value is -3.27. The van der Waals surface area contributed by atoms with Crippen LogP contribution in [-0.2, 0) is 0 Å². The Bertz CT molecular complexity index is 1410. The summed E-state index contributed by atoms with van der Waals surface area (Å²) in [6.07, 6.45) is 6.48. The van der Waals surface area contributed by atoms with E-state index in [1.54, 1.807) is 0 Å². The molecular formula is C45H79N9. The average Bonchev–Trinajstić information content (AvgIpc) is 3.93. The lowest BCUT2D eigenvalue weighted by Crippen LogP contribution is -2.38. The molecule has 6 heterocycles. The van der Waals surface area contributed by atoms with Crippen molar-refractivity contribution in [1.82, 2.24) is 29.7 Å². The second-order valence-electron chi connectivity index (χ2n) is 16.4. The van der Waals surface area contributed by atoms with Gasteiger partial charge in [-0.15, -0.1) is 0 Å². The van der Waals surface area contributed by atoms with Gasteiger partial charge in [0.15, 0.2) is 0 Å². The van der Waals surface area contributed by atoms with E-state index in [0.717, 1.165) is 55.2 Å². The van der Waals surface area contributed by atoms with Crippen molar-refractivity contribution in [2.24, 2.45) is 5.92 Å². The maximum atomic E-state index is 4.82. The van der Waals surface area contributed by atoms with Crippen LogP contribution < -0.4 is 14.7 Å². The fraction of sp³-hybridized carbons (Fsp3) is 0.667. The molecule has 3 saturated heterocycles. The Labute approximate surface area is 332 Å². The largest absolute Gasteiger partial charge is 0.357 e. The molecule has 0 radical (unpaired) electrons. The lowest BCUT2D eigenvalue weighted by Gasteiger charge is -2.28. The molecule has 304 valence electrons. The molecule has 0 saturated carbocycles. The Kier molecular flexibility index (Phi) is 21.7. The fourth-order valence-corrected chi connectivity index (χ4v) is 6.96. The van der Waals surface area contributed by atoms with Gasteiger partial charge in [0.25, 0.3) is 0 Å². The van der Waals surface area contributed by atoms with Crippen LogP contribution in [0.4, 0.5) is 17.5 Å². The standard InChI is InChI=1S/C15H25N3.C13H21N3.C12H18N2.C3H9N.C2H6/c1-12(2)14-8-5-9-15(16-14)18-10-6-7-13(18)11-17(3)4;1-11-5-4-6-13(14-11)16-8-7-12(10-16)9-15(2)3;1-10(2)11-6-5-7-12(13-11)14-8-3-4-9-14;1-4(2)3;1-2/h5,8-9,12-13H,6-7,10-11H2,1-4H3;4-6,12H,7-10H2,1-3H3;5-7,10H,3-4,8-9H2,1-2H3;1-3H3;1-2H3. The molecule has 0 aromatic carbocycles. The maximum Gasteiger partial charge on any atom is 0.129 e. The van der Waals surface area contributed by atoms with Gasteiger partial charge >= 0.3 is 0 Å². The lowest BCUT2D eigenvalue weighted by molar-refractivity contribution is 0.340. The van der Waals surface area contributed by atoms with E-state index in [1.807, 2.05) is 39.9 Å². The molecule has 2 unspecified atom stereocenters. The van der Waals surface area contributed by atoms with Gasteiger partial charge in [-0.2, -0.15) is 0 Å². The minimum atomic E-state index is 0.500. The zero-order valence-electron chi connectivity index (χ0n) is 37.0. The quantitative estimate of drug-likeness (QED) is 0.215. The number of aryl methyl sites for hydroxylation is 1. The van der Waals surface area contributed by atoms with Gasteiger partial charge in [0.05, 0.1) is 0 Å². The second-order valence-corrected chi connectivity index (χ2v) is 16.4. The zero-order chi connectivity index (χ0) is 40.2. The number of likely N-dealkylation sites (N-methyl/N-ethyl adjacent to an activating group) is 1. The van der Waals surface area contributed by atoms with Crippen LogP contribution in [0.25, 0.3) is 0 Å². The van der Waals surface area contributed by atoms with Crippen molar-refractivity contribution in [2.75, 3.05) is 110 Å². The van der Waals surface area contributed by atoms with Crippen LogP contribution in [0.15, 0.2) is 54.6 Å². The van der Waals surface area contributed by atoms with Gasteiger partial charge in [0.1, 0.15) is 17.5 Å². The molecule has 0 bridgehead atoms. The SMILES string of the molecule is CC.CC(C)c1cccc(N2CCCC2)n1.CC(C)c1cccc(N2CCCC2CN(C)C)n1.CN(C)C.Cc1cccc(N2CCC(CN(C)C)C2)n1. The molecular weight excluding hydrogens is 667 g/mol. The van der Waals surface area contributed by atoms with Gasteiger partial charge in [-0.3, -0.25) is 0 Å². The molecule has 3 aromatic rings. The molecule has 3 aliphatic rings. The smallest absolute Gasteiger partial charge is 0.129 e. The third-order valence-corrected chi connectivity index (χ3v) is 9.48. The Morgan fingerprint density at radius 2 is 1.09 bits per heavy atom. The van der Waals surface area contributed by atoms with Gasteiger partial charge in [-0.1, -0.05) is 59.7 Å². The molecule has 0 amide bonds. The predicted molar refractivity (Wildman–Crippen MR) is 236 cm³/mol. The molecule has 6 rings (SSSR count). The summed E-state index contributed by atoms with van der Waals surface area (Å²) in [5.74, 6) is 5.27. The first-order valence-corrected chi connectivity index (χ1v) is 20.8. The highest BCUT2D eigenvalue weighted by Gasteiger charge is 2.26. The monoisotopic (exact) mass is 746 g/mol. The maximum absolute atomic E-state index is 4.82. The van der Waals surface area contributed by atoms with E-state index >= 15 is 0 Å². The van der Waals surface area contributed by atoms with Crippen LogP contribution in [0, 0.1) is 12.8 Å². The summed E-state index contributed by atoms with van der Waals surface area (Å²) in [4.78, 5) is 27.9. The Morgan fingerprint density at radius 3 is 1.61 bits per heavy atom. The lowest BCUT2D eigenvalue weighted by atomic mass is 10.1. The number of hydrogen-bond acceptors (Lipinski definition) is 9. The highest BCUT2D eigenvalue weighted by Crippen LogP contribution is 2.26. The average molecular weight is 746 g/mol. The second kappa shape index (κ2) is 25.0. The van der Waals surface area contributed by atoms with Crippen molar-refractivity contribution in [3.05, 3.63) is 71.7 Å². The Balaban J connectivity index is 0.000000262. The predicted octanol–water partition coefficient (Wildman–Crippen LogP) is 8.52. The van der Waals surface area contributed by atoms with Crippen molar-refractivity contribution < 1.29 is 0 Å². The molecule has 9 heteroatoms. The van der Waals surface area contributed by atoms with Crippen molar-refractivity contribution in [2.45, 2.75) is 98.4 Å². The summed E-state index contributed by atoms with van der Waals surface area (Å²) in [6.45, 7) is 22.9. The van der Waals surface area contributed by atoms with Crippen molar-refractivity contribution in [1.29, 1.82) is 0 Å². The molecule has 3 fully saturated rings. The van der Waals surface area contributed by atoms with E-state index in [0.29, 0.717) is 17.9 Å². The molecule has 0 aliphatic carbocycles. The molecule has 9 nitrogen and oxygen atoms in total. The van der Waals surface area contributed by atoms with Crippen LogP contribution in [0.1, 0.15) is 103 Å². The number of aromatic nitrogens is 3. The van der Waals surface area contributed by atoms with Gasteiger partial charge in [0.2, 0.25) is 0 Å². The number of rotatable bonds is 9. The van der Waals surface area contributed by atoms with Gasteiger partial charge in [-0.05, 0) is 143 Å². The summed E-state index contributed by atoms with van der Waals surface area (Å²) in [6, 6.07) is 19.7. The number of nitrogens with zero attached hydrogens (tertiary/aromatic N) is 9. The summed E-state index contributed by atoms with van der Waals surface area (Å²) < 4.78 is 0. The molecule has 2 atom stereocenters. The first-order valence-electron chi connectivity index (χ1n) is 20.8. The summed E-state index contributed by atoms with van der Waals surface area (Å²) in [5, 5.41) is 0. The first kappa shape index (κ1) is 46.9. The van der Waals surface area contributed by atoms with E-state index in [9.17, 15) is 0 Å². The van der Waals surface area contributed by atoms with E-state index in [1.165, 1.54) is 63.1 Å². The van der Waals surface area contributed by atoms with Crippen LogP contribution in [0.5, 0.6) is 0 Å². The molecule has 54 heavy (non-hydrogen) atoms. The van der Waals surface area contributed by atoms with E-state index < -0.39 is 0 Å². The normalized spacial score (nSPS) is 17.9. The highest BCUT2D eigenvalue weighted by molar-refractivity contribution is 5.43. The first-order chi connectivity index (χ1) is 25.7. The van der Waals surface area contributed by atoms with Crippen molar-refractivity contribution in [3.63, 3.8) is 0 Å². The van der Waals surface area contributed by atoms with Crippen LogP contribution in [-0.4, -0.2) is 131 Å². The number of hydrogen-bond donors (Lipinski definition) is 0. The summed E-state index contributed by atoms with van der Waals surface area (Å²) in [5.41, 5.74) is 3.51. The third kappa shape index (κ3) is 17.0. The number of anilines is 3. The van der Waals surface area contributed by atoms with Crippen LogP contribution in [0.3, 0.4) is 0 Å². The third-order valence-electron chi connectivity index (χ3n) is 9.48. The van der Waals surface area contributed by atoms with Gasteiger partial charge in [0, 0.05) is 68.9 Å². The molecule has 3 aliphatic heterocycles. The van der Waals surface area contributed by atoms with Crippen molar-refractivity contribution in [3.8, 4) is 0 Å².